The fraction of sp³-hybridized carbons (Fsp3) is 0.355. The zero-order valence-corrected chi connectivity index (χ0v) is 24.1. The topological polar surface area (TPSA) is 96.0 Å². The van der Waals surface area contributed by atoms with Gasteiger partial charge in [-0.1, -0.05) is 49.6 Å². The molecule has 0 heterocycles. The number of amides is 2. The van der Waals surface area contributed by atoms with Crippen LogP contribution in [0.4, 0.5) is 10.1 Å². The maximum atomic E-state index is 14.0. The molecular weight excluding hydrogens is 545 g/mol. The predicted molar refractivity (Wildman–Crippen MR) is 155 cm³/mol. The van der Waals surface area contributed by atoms with Crippen LogP contribution in [-0.2, 0) is 26.2 Å². The highest BCUT2D eigenvalue weighted by molar-refractivity contribution is 7.92. The molecule has 2 amide bonds. The zero-order chi connectivity index (χ0) is 29.4. The number of carbonyl (C=O) groups is 2. The number of hydrogen-bond donors (Lipinski definition) is 1. The number of methoxy groups -OCH3 is 1. The van der Waals surface area contributed by atoms with Crippen molar-refractivity contribution >= 4 is 27.5 Å². The minimum Gasteiger partial charge on any atom is -0.497 e. The summed E-state index contributed by atoms with van der Waals surface area (Å²) in [4.78, 5) is 28.6. The van der Waals surface area contributed by atoms with Gasteiger partial charge in [0.1, 0.15) is 24.2 Å². The summed E-state index contributed by atoms with van der Waals surface area (Å²) in [6, 6.07) is 19.0. The van der Waals surface area contributed by atoms with Crippen LogP contribution in [0.2, 0.25) is 0 Å². The van der Waals surface area contributed by atoms with Crippen molar-refractivity contribution in [3.05, 3.63) is 90.2 Å². The van der Waals surface area contributed by atoms with Crippen LogP contribution in [0.25, 0.3) is 0 Å². The van der Waals surface area contributed by atoms with Crippen LogP contribution in [-0.4, -0.2) is 50.9 Å². The van der Waals surface area contributed by atoms with Gasteiger partial charge in [0.2, 0.25) is 11.8 Å². The number of anilines is 1. The third-order valence-electron chi connectivity index (χ3n) is 7.36. The van der Waals surface area contributed by atoms with E-state index in [0.717, 1.165) is 54.1 Å². The molecule has 0 bridgehead atoms. The van der Waals surface area contributed by atoms with Gasteiger partial charge in [-0.25, -0.2) is 12.8 Å². The summed E-state index contributed by atoms with van der Waals surface area (Å²) in [5.74, 6) is -0.766. The Balaban J connectivity index is 1.65. The Hall–Kier alpha value is -3.92. The van der Waals surface area contributed by atoms with Gasteiger partial charge in [-0.2, -0.15) is 0 Å². The van der Waals surface area contributed by atoms with E-state index in [2.05, 4.69) is 5.32 Å². The van der Waals surface area contributed by atoms with Crippen LogP contribution >= 0.6 is 0 Å². The van der Waals surface area contributed by atoms with Gasteiger partial charge in [0.15, 0.2) is 0 Å². The molecule has 0 aliphatic heterocycles. The number of nitrogens with zero attached hydrogens (tertiary/aromatic N) is 2. The van der Waals surface area contributed by atoms with Gasteiger partial charge in [0, 0.05) is 12.6 Å². The van der Waals surface area contributed by atoms with Crippen LogP contribution < -0.4 is 14.4 Å². The van der Waals surface area contributed by atoms with Gasteiger partial charge < -0.3 is 15.0 Å². The van der Waals surface area contributed by atoms with E-state index in [4.69, 9.17) is 4.74 Å². The summed E-state index contributed by atoms with van der Waals surface area (Å²) in [6.07, 6.45) is 5.01. The molecule has 4 rings (SSSR count). The van der Waals surface area contributed by atoms with Gasteiger partial charge in [-0.05, 0) is 73.9 Å². The lowest BCUT2D eigenvalue weighted by Crippen LogP contribution is -2.53. The van der Waals surface area contributed by atoms with Gasteiger partial charge >= 0.3 is 0 Å². The second kappa shape index (κ2) is 13.6. The molecule has 0 unspecified atom stereocenters. The first-order chi connectivity index (χ1) is 19.7. The van der Waals surface area contributed by atoms with Crippen molar-refractivity contribution in [2.24, 2.45) is 0 Å². The molecule has 3 aromatic carbocycles. The first kappa shape index (κ1) is 30.0. The lowest BCUT2D eigenvalue weighted by Gasteiger charge is -2.33. The molecule has 1 aliphatic carbocycles. The number of ether oxygens (including phenoxy) is 1. The summed E-state index contributed by atoms with van der Waals surface area (Å²) in [5.41, 5.74) is 1.03. The summed E-state index contributed by atoms with van der Waals surface area (Å²) in [5, 5.41) is 3.08. The minimum absolute atomic E-state index is 0.0521. The molecule has 218 valence electrons. The molecule has 8 nitrogen and oxygen atoms in total. The van der Waals surface area contributed by atoms with Crippen molar-refractivity contribution in [2.75, 3.05) is 18.0 Å². The van der Waals surface area contributed by atoms with E-state index in [0.29, 0.717) is 5.75 Å². The van der Waals surface area contributed by atoms with E-state index < -0.39 is 34.3 Å². The smallest absolute Gasteiger partial charge is 0.264 e. The van der Waals surface area contributed by atoms with Crippen molar-refractivity contribution in [3.63, 3.8) is 0 Å². The summed E-state index contributed by atoms with van der Waals surface area (Å²) >= 11 is 0. The number of hydrogen-bond acceptors (Lipinski definition) is 5. The van der Waals surface area contributed by atoms with Crippen molar-refractivity contribution in [2.45, 2.75) is 62.6 Å². The van der Waals surface area contributed by atoms with E-state index in [9.17, 15) is 22.4 Å². The standard InChI is InChI=1S/C31H36FN3O5S/c1-23(31(37)33-26-9-5-3-6-10-26)34(21-24-13-17-28(40-2)18-14-24)30(36)22-35(27-11-7-4-8-12-27)41(38,39)29-19-15-25(32)16-20-29/h4,7-8,11-20,23,26H,3,5-6,9-10,21-22H2,1-2H3,(H,33,37)/t23-/m1/s1. The largest absolute Gasteiger partial charge is 0.497 e. The fourth-order valence-corrected chi connectivity index (χ4v) is 6.35. The fourth-order valence-electron chi connectivity index (χ4n) is 4.94. The molecule has 41 heavy (non-hydrogen) atoms. The summed E-state index contributed by atoms with van der Waals surface area (Å²) < 4.78 is 47.3. The Morgan fingerprint density at radius 3 is 2.20 bits per heavy atom. The number of nitrogens with one attached hydrogen (secondary N) is 1. The third-order valence-corrected chi connectivity index (χ3v) is 9.14. The maximum absolute atomic E-state index is 14.0. The third kappa shape index (κ3) is 7.64. The van der Waals surface area contributed by atoms with Crippen molar-refractivity contribution in [1.82, 2.24) is 10.2 Å². The SMILES string of the molecule is COc1ccc(CN(C(=O)CN(c2ccccc2)S(=O)(=O)c2ccc(F)cc2)[C@H](C)C(=O)NC2CCCCC2)cc1. The van der Waals surface area contributed by atoms with Crippen LogP contribution in [0.5, 0.6) is 5.75 Å². The minimum atomic E-state index is -4.25. The first-order valence-corrected chi connectivity index (χ1v) is 15.2. The van der Waals surface area contributed by atoms with E-state index >= 15 is 0 Å². The maximum Gasteiger partial charge on any atom is 0.264 e. The lowest BCUT2D eigenvalue weighted by atomic mass is 9.95. The summed E-state index contributed by atoms with van der Waals surface area (Å²) in [7, 11) is -2.69. The number of benzene rings is 3. The van der Waals surface area contributed by atoms with Crippen molar-refractivity contribution in [1.29, 1.82) is 0 Å². The highest BCUT2D eigenvalue weighted by Crippen LogP contribution is 2.25. The zero-order valence-electron chi connectivity index (χ0n) is 23.3. The van der Waals surface area contributed by atoms with Crippen molar-refractivity contribution in [3.8, 4) is 5.75 Å². The quantitative estimate of drug-likeness (QED) is 0.348. The predicted octanol–water partition coefficient (Wildman–Crippen LogP) is 4.90. The molecule has 1 N–H and O–H groups in total. The number of para-hydroxylation sites is 1. The number of rotatable bonds is 11. The highest BCUT2D eigenvalue weighted by Gasteiger charge is 2.33. The molecule has 1 aliphatic rings. The van der Waals surface area contributed by atoms with Gasteiger partial charge in [-0.3, -0.25) is 13.9 Å². The summed E-state index contributed by atoms with van der Waals surface area (Å²) in [6.45, 7) is 1.18. The van der Waals surface area contributed by atoms with Crippen LogP contribution in [0.1, 0.15) is 44.6 Å². The monoisotopic (exact) mass is 581 g/mol. The molecule has 1 atom stereocenters. The lowest BCUT2D eigenvalue weighted by molar-refractivity contribution is -0.139. The Kier molecular flexibility index (Phi) is 9.99. The average molecular weight is 582 g/mol. The molecule has 10 heteroatoms. The Bertz CT molecular complexity index is 1410. The second-order valence-corrected chi connectivity index (χ2v) is 12.1. The first-order valence-electron chi connectivity index (χ1n) is 13.7. The molecule has 1 fully saturated rings. The van der Waals surface area contributed by atoms with E-state index in [1.165, 1.54) is 17.0 Å². The molecule has 3 aromatic rings. The molecule has 1 saturated carbocycles. The van der Waals surface area contributed by atoms with E-state index in [1.54, 1.807) is 68.6 Å². The molecule has 0 spiro atoms. The molecular formula is C31H36FN3O5S. The molecule has 0 saturated heterocycles. The normalized spacial score (nSPS) is 14.6. The number of carbonyl (C=O) groups excluding carboxylic acids is 2. The van der Waals surface area contributed by atoms with E-state index in [1.807, 2.05) is 0 Å². The Morgan fingerprint density at radius 1 is 0.951 bits per heavy atom. The number of sulfonamides is 1. The number of halogens is 1. The molecule has 0 radical (unpaired) electrons. The highest BCUT2D eigenvalue weighted by atomic mass is 32.2. The van der Waals surface area contributed by atoms with E-state index in [-0.39, 0.29) is 29.1 Å². The van der Waals surface area contributed by atoms with Gasteiger partial charge in [-0.15, -0.1) is 0 Å². The van der Waals surface area contributed by atoms with Crippen LogP contribution in [0.15, 0.2) is 83.8 Å². The molecule has 0 aromatic heterocycles. The Morgan fingerprint density at radius 2 is 1.59 bits per heavy atom. The second-order valence-electron chi connectivity index (χ2n) is 10.2. The van der Waals surface area contributed by atoms with Gasteiger partial charge in [0.05, 0.1) is 17.7 Å². The van der Waals surface area contributed by atoms with Crippen LogP contribution in [0.3, 0.4) is 0 Å². The average Bonchev–Trinajstić information content (AvgIpc) is 2.99. The van der Waals surface area contributed by atoms with Crippen LogP contribution in [0, 0.1) is 5.82 Å². The van der Waals surface area contributed by atoms with Crippen molar-refractivity contribution < 1.29 is 27.1 Å². The van der Waals surface area contributed by atoms with Gasteiger partial charge in [0.25, 0.3) is 10.0 Å². The Labute approximate surface area is 241 Å².